The fourth-order valence-electron chi connectivity index (χ4n) is 1.66. The topological polar surface area (TPSA) is 99.2 Å². The van der Waals surface area contributed by atoms with Crippen molar-refractivity contribution in [2.45, 2.75) is 53.1 Å². The Hall–Kier alpha value is -2.12. The number of ether oxygens (including phenoxy) is 3. The number of carbonyl (C=O) groups is 4. The first-order chi connectivity index (χ1) is 11.3. The summed E-state index contributed by atoms with van der Waals surface area (Å²) in [6.45, 7) is 6.74. The molecule has 1 amide bonds. The molecule has 1 unspecified atom stereocenters. The number of hydrogen-bond donors (Lipinski definition) is 0. The second-order valence-electron chi connectivity index (χ2n) is 4.96. The Morgan fingerprint density at radius 2 is 1.21 bits per heavy atom. The van der Waals surface area contributed by atoms with Crippen LogP contribution in [0.15, 0.2) is 0 Å². The molecule has 0 saturated heterocycles. The van der Waals surface area contributed by atoms with E-state index in [1.807, 2.05) is 0 Å². The van der Waals surface area contributed by atoms with Gasteiger partial charge in [-0.15, -0.1) is 0 Å². The van der Waals surface area contributed by atoms with Gasteiger partial charge in [0, 0.05) is 19.3 Å². The Morgan fingerprint density at radius 3 is 1.58 bits per heavy atom. The highest BCUT2D eigenvalue weighted by atomic mass is 16.6. The van der Waals surface area contributed by atoms with E-state index < -0.39 is 18.0 Å². The third kappa shape index (κ3) is 9.12. The van der Waals surface area contributed by atoms with Crippen LogP contribution in [-0.4, -0.2) is 61.1 Å². The first kappa shape index (κ1) is 21.9. The van der Waals surface area contributed by atoms with Crippen LogP contribution < -0.4 is 0 Å². The molecule has 0 aromatic carbocycles. The Bertz CT molecular complexity index is 414. The molecule has 0 radical (unpaired) electrons. The summed E-state index contributed by atoms with van der Waals surface area (Å²) >= 11 is 0. The monoisotopic (exact) mass is 345 g/mol. The summed E-state index contributed by atoms with van der Waals surface area (Å²) < 4.78 is 14.9. The molecule has 0 N–H and O–H groups in total. The molecule has 0 saturated carbocycles. The first-order valence-electron chi connectivity index (χ1n) is 8.15. The number of carbonyl (C=O) groups excluding carboxylic acids is 4. The van der Waals surface area contributed by atoms with Crippen molar-refractivity contribution < 1.29 is 33.4 Å². The average Bonchev–Trinajstić information content (AvgIpc) is 2.58. The molecule has 0 spiro atoms. The lowest BCUT2D eigenvalue weighted by Crippen LogP contribution is -2.43. The molecule has 0 heterocycles. The largest absolute Gasteiger partial charge is 0.464 e. The summed E-state index contributed by atoms with van der Waals surface area (Å²) in [4.78, 5) is 47.3. The van der Waals surface area contributed by atoms with Gasteiger partial charge in [0.15, 0.2) is 6.10 Å². The van der Waals surface area contributed by atoms with E-state index in [1.165, 1.54) is 11.8 Å². The smallest absolute Gasteiger partial charge is 0.306 e. The third-order valence-corrected chi connectivity index (χ3v) is 3.08. The van der Waals surface area contributed by atoms with Crippen LogP contribution in [0, 0.1) is 0 Å². The zero-order chi connectivity index (χ0) is 18.5. The van der Waals surface area contributed by atoms with Gasteiger partial charge in [-0.1, -0.05) is 20.8 Å². The Balaban J connectivity index is 4.63. The minimum Gasteiger partial charge on any atom is -0.464 e. The molecule has 0 rings (SSSR count). The van der Waals surface area contributed by atoms with Crippen LogP contribution in [-0.2, 0) is 33.4 Å². The SMILES string of the molecule is CCC(=O)OCCN(CCOC(=O)CC)C(=O)C(C)OC(=O)CC. The summed E-state index contributed by atoms with van der Waals surface area (Å²) in [6, 6.07) is 0. The number of esters is 3. The van der Waals surface area contributed by atoms with Gasteiger partial charge in [0.2, 0.25) is 0 Å². The maximum Gasteiger partial charge on any atom is 0.306 e. The standard InChI is InChI=1S/C16H27NO7/c1-5-13(18)22-10-8-17(9-11-23-14(19)6-2)16(21)12(4)24-15(20)7-3/h12H,5-11H2,1-4H3. The van der Waals surface area contributed by atoms with Crippen molar-refractivity contribution in [1.82, 2.24) is 4.90 Å². The zero-order valence-corrected chi connectivity index (χ0v) is 14.8. The molecule has 24 heavy (non-hydrogen) atoms. The molecule has 0 aromatic rings. The van der Waals surface area contributed by atoms with Gasteiger partial charge in [-0.25, -0.2) is 0 Å². The van der Waals surface area contributed by atoms with Gasteiger partial charge in [0.25, 0.3) is 5.91 Å². The van der Waals surface area contributed by atoms with E-state index in [9.17, 15) is 19.2 Å². The second kappa shape index (κ2) is 12.3. The minimum absolute atomic E-state index is 0.0224. The van der Waals surface area contributed by atoms with Crippen molar-refractivity contribution in [2.75, 3.05) is 26.3 Å². The van der Waals surface area contributed by atoms with Gasteiger partial charge in [0.05, 0.1) is 13.1 Å². The van der Waals surface area contributed by atoms with E-state index in [1.54, 1.807) is 20.8 Å². The van der Waals surface area contributed by atoms with Gasteiger partial charge in [-0.3, -0.25) is 19.2 Å². The summed E-state index contributed by atoms with van der Waals surface area (Å²) in [6.07, 6.45) is -0.305. The highest BCUT2D eigenvalue weighted by molar-refractivity contribution is 5.83. The van der Waals surface area contributed by atoms with E-state index in [0.717, 1.165) is 0 Å². The summed E-state index contributed by atoms with van der Waals surface area (Å²) in [5.74, 6) is -1.65. The van der Waals surface area contributed by atoms with Crippen molar-refractivity contribution in [3.63, 3.8) is 0 Å². The number of amides is 1. The van der Waals surface area contributed by atoms with Gasteiger partial charge >= 0.3 is 17.9 Å². The highest BCUT2D eigenvalue weighted by Crippen LogP contribution is 2.03. The molecular formula is C16H27NO7. The summed E-state index contributed by atoms with van der Waals surface area (Å²) in [5.41, 5.74) is 0. The molecular weight excluding hydrogens is 318 g/mol. The quantitative estimate of drug-likeness (QED) is 0.408. The maximum absolute atomic E-state index is 12.4. The van der Waals surface area contributed by atoms with Gasteiger partial charge in [0.1, 0.15) is 13.2 Å². The minimum atomic E-state index is -0.957. The lowest BCUT2D eigenvalue weighted by atomic mass is 10.3. The fourth-order valence-corrected chi connectivity index (χ4v) is 1.66. The second-order valence-corrected chi connectivity index (χ2v) is 4.96. The maximum atomic E-state index is 12.4. The molecule has 0 aliphatic rings. The van der Waals surface area contributed by atoms with E-state index in [4.69, 9.17) is 14.2 Å². The van der Waals surface area contributed by atoms with Crippen LogP contribution in [0.3, 0.4) is 0 Å². The van der Waals surface area contributed by atoms with E-state index in [2.05, 4.69) is 0 Å². The third-order valence-electron chi connectivity index (χ3n) is 3.08. The highest BCUT2D eigenvalue weighted by Gasteiger charge is 2.23. The molecule has 0 bridgehead atoms. The molecule has 1 atom stereocenters. The number of hydrogen-bond acceptors (Lipinski definition) is 7. The molecule has 0 aromatic heterocycles. The van der Waals surface area contributed by atoms with Gasteiger partial charge < -0.3 is 19.1 Å². The van der Waals surface area contributed by atoms with Crippen molar-refractivity contribution in [1.29, 1.82) is 0 Å². The van der Waals surface area contributed by atoms with Crippen molar-refractivity contribution in [2.24, 2.45) is 0 Å². The fraction of sp³-hybridized carbons (Fsp3) is 0.750. The molecule has 0 fully saturated rings. The lowest BCUT2D eigenvalue weighted by Gasteiger charge is -2.25. The van der Waals surface area contributed by atoms with Gasteiger partial charge in [-0.2, -0.15) is 0 Å². The van der Waals surface area contributed by atoms with Crippen molar-refractivity contribution in [3.05, 3.63) is 0 Å². The van der Waals surface area contributed by atoms with Gasteiger partial charge in [-0.05, 0) is 6.92 Å². The Morgan fingerprint density at radius 1 is 0.792 bits per heavy atom. The predicted molar refractivity (Wildman–Crippen MR) is 84.9 cm³/mol. The molecule has 138 valence electrons. The number of nitrogens with zero attached hydrogens (tertiary/aromatic N) is 1. The van der Waals surface area contributed by atoms with Crippen LogP contribution in [0.25, 0.3) is 0 Å². The molecule has 0 aliphatic carbocycles. The van der Waals surface area contributed by atoms with Crippen LogP contribution in [0.2, 0.25) is 0 Å². The van der Waals surface area contributed by atoms with E-state index in [0.29, 0.717) is 0 Å². The zero-order valence-electron chi connectivity index (χ0n) is 14.8. The Labute approximate surface area is 142 Å². The molecule has 0 aliphatic heterocycles. The van der Waals surface area contributed by atoms with E-state index in [-0.39, 0.29) is 57.5 Å². The summed E-state index contributed by atoms with van der Waals surface area (Å²) in [7, 11) is 0. The average molecular weight is 345 g/mol. The lowest BCUT2D eigenvalue weighted by molar-refractivity contribution is -0.160. The van der Waals surface area contributed by atoms with Crippen molar-refractivity contribution in [3.8, 4) is 0 Å². The van der Waals surface area contributed by atoms with Crippen LogP contribution >= 0.6 is 0 Å². The first-order valence-corrected chi connectivity index (χ1v) is 8.15. The Kier molecular flexibility index (Phi) is 11.2. The van der Waals surface area contributed by atoms with Crippen LogP contribution in [0.4, 0.5) is 0 Å². The normalized spacial score (nSPS) is 11.3. The summed E-state index contributed by atoms with van der Waals surface area (Å²) in [5, 5.41) is 0. The van der Waals surface area contributed by atoms with Crippen LogP contribution in [0.5, 0.6) is 0 Å². The molecule has 8 nitrogen and oxygen atoms in total. The van der Waals surface area contributed by atoms with Crippen LogP contribution in [0.1, 0.15) is 47.0 Å². The predicted octanol–water partition coefficient (Wildman–Crippen LogP) is 1.06. The van der Waals surface area contributed by atoms with Crippen molar-refractivity contribution >= 4 is 23.8 Å². The molecule has 8 heteroatoms. The van der Waals surface area contributed by atoms with E-state index >= 15 is 0 Å². The number of rotatable bonds is 11.